The fourth-order valence-electron chi connectivity index (χ4n) is 1.71. The van der Waals surface area contributed by atoms with Crippen molar-refractivity contribution >= 4 is 21.7 Å². The Hall–Kier alpha value is -1.14. The molecule has 0 spiro atoms. The van der Waals surface area contributed by atoms with Gasteiger partial charge in [0, 0.05) is 10.9 Å². The highest BCUT2D eigenvalue weighted by Gasteiger charge is 2.27. The molecule has 19 heavy (non-hydrogen) atoms. The number of rotatable bonds is 4. The van der Waals surface area contributed by atoms with E-state index in [9.17, 15) is 10.1 Å². The number of nitrogens with zero attached hydrogens (tertiary/aromatic N) is 1. The largest absolute Gasteiger partial charge is 0.298 e. The molecule has 0 amide bonds. The fraction of sp³-hybridized carbons (Fsp3) is 0.500. The number of carbonyl (C=O) groups is 1. The molecule has 1 aromatic carbocycles. The van der Waals surface area contributed by atoms with Crippen LogP contribution < -0.4 is 0 Å². The van der Waals surface area contributed by atoms with Gasteiger partial charge < -0.3 is 0 Å². The van der Waals surface area contributed by atoms with Crippen molar-refractivity contribution in [3.8, 4) is 6.07 Å². The Balaban J connectivity index is 2.84. The molecule has 2 nitrogen and oxygen atoms in total. The van der Waals surface area contributed by atoms with E-state index in [-0.39, 0.29) is 17.1 Å². The topological polar surface area (TPSA) is 40.9 Å². The third kappa shape index (κ3) is 4.47. The molecule has 0 saturated heterocycles. The molecule has 1 aromatic rings. The van der Waals surface area contributed by atoms with Crippen molar-refractivity contribution in [3.05, 3.63) is 34.3 Å². The Morgan fingerprint density at radius 1 is 1.32 bits per heavy atom. The van der Waals surface area contributed by atoms with Gasteiger partial charge in [-0.2, -0.15) is 5.26 Å². The lowest BCUT2D eigenvalue weighted by Gasteiger charge is -2.27. The number of Topliss-reactive ketones (excluding diaryl/α,β-unsaturated/α-hetero) is 1. The van der Waals surface area contributed by atoms with Gasteiger partial charge in [0.05, 0.1) is 6.07 Å². The molecule has 2 unspecified atom stereocenters. The normalized spacial score (nSPS) is 14.5. The van der Waals surface area contributed by atoms with E-state index >= 15 is 0 Å². The van der Waals surface area contributed by atoms with Gasteiger partial charge in [0.2, 0.25) is 0 Å². The molecule has 102 valence electrons. The first kappa shape index (κ1) is 15.9. The molecule has 0 aliphatic carbocycles. The van der Waals surface area contributed by atoms with Crippen LogP contribution in [0.3, 0.4) is 0 Å². The van der Waals surface area contributed by atoms with Gasteiger partial charge in [0.15, 0.2) is 5.78 Å². The number of hydrogen-bond acceptors (Lipinski definition) is 2. The highest BCUT2D eigenvalue weighted by atomic mass is 79.9. The van der Waals surface area contributed by atoms with Crippen molar-refractivity contribution in [3.63, 3.8) is 0 Å². The van der Waals surface area contributed by atoms with Gasteiger partial charge in [-0.1, -0.05) is 55.8 Å². The van der Waals surface area contributed by atoms with Crippen LogP contribution in [0.15, 0.2) is 28.7 Å². The van der Waals surface area contributed by atoms with Crippen molar-refractivity contribution in [1.82, 2.24) is 0 Å². The summed E-state index contributed by atoms with van der Waals surface area (Å²) in [6.07, 6.45) is 0.442. The van der Waals surface area contributed by atoms with Gasteiger partial charge in [-0.05, 0) is 29.0 Å². The molecule has 2 atom stereocenters. The van der Waals surface area contributed by atoms with Crippen molar-refractivity contribution in [2.45, 2.75) is 40.0 Å². The van der Waals surface area contributed by atoms with E-state index in [1.165, 1.54) is 0 Å². The first-order chi connectivity index (χ1) is 8.75. The summed E-state index contributed by atoms with van der Waals surface area (Å²) in [5, 5.41) is 9.25. The number of hydrogen-bond donors (Lipinski definition) is 0. The van der Waals surface area contributed by atoms with Crippen molar-refractivity contribution < 1.29 is 4.79 Å². The lowest BCUT2D eigenvalue weighted by Crippen LogP contribution is -2.23. The van der Waals surface area contributed by atoms with Crippen LogP contribution >= 0.6 is 15.9 Å². The molecule has 0 aromatic heterocycles. The van der Waals surface area contributed by atoms with E-state index in [0.29, 0.717) is 6.42 Å². The van der Waals surface area contributed by atoms with E-state index in [0.717, 1.165) is 10.0 Å². The summed E-state index contributed by atoms with van der Waals surface area (Å²) in [5.74, 6) is -0.392. The molecular formula is C16H20BrNO. The molecule has 3 heteroatoms. The summed E-state index contributed by atoms with van der Waals surface area (Å²) in [4.78, 5) is 12.3. The Bertz CT molecular complexity index is 479. The standard InChI is InChI=1S/C16H20BrNO/c1-11(16(2,3)4)9-15(19)14(10-18)12-5-7-13(17)8-6-12/h5-8,11,14H,9H2,1-4H3. The zero-order valence-electron chi connectivity index (χ0n) is 11.9. The number of nitriles is 1. The molecule has 1 rings (SSSR count). The molecular weight excluding hydrogens is 302 g/mol. The minimum absolute atomic E-state index is 0.00671. The van der Waals surface area contributed by atoms with Gasteiger partial charge in [0.1, 0.15) is 5.92 Å². The van der Waals surface area contributed by atoms with Crippen LogP contribution in [-0.4, -0.2) is 5.78 Å². The number of carbonyl (C=O) groups excluding carboxylic acids is 1. The second kappa shape index (κ2) is 6.34. The van der Waals surface area contributed by atoms with Crippen molar-refractivity contribution in [2.75, 3.05) is 0 Å². The van der Waals surface area contributed by atoms with Crippen molar-refractivity contribution in [1.29, 1.82) is 5.26 Å². The molecule has 0 saturated carbocycles. The van der Waals surface area contributed by atoms with E-state index < -0.39 is 5.92 Å². The number of halogens is 1. The lowest BCUT2D eigenvalue weighted by molar-refractivity contribution is -0.120. The summed E-state index contributed by atoms with van der Waals surface area (Å²) in [6.45, 7) is 8.41. The molecule has 0 N–H and O–H groups in total. The predicted octanol–water partition coefficient (Wildman–Crippen LogP) is 4.70. The third-order valence-electron chi connectivity index (χ3n) is 3.64. The quantitative estimate of drug-likeness (QED) is 0.806. The first-order valence-corrected chi connectivity index (χ1v) is 7.22. The van der Waals surface area contributed by atoms with Gasteiger partial charge in [0.25, 0.3) is 0 Å². The highest BCUT2D eigenvalue weighted by molar-refractivity contribution is 9.10. The maximum Gasteiger partial charge on any atom is 0.154 e. The van der Waals surface area contributed by atoms with Gasteiger partial charge in [-0.25, -0.2) is 0 Å². The summed E-state index contributed by atoms with van der Waals surface area (Å²) >= 11 is 3.35. The smallest absolute Gasteiger partial charge is 0.154 e. The Morgan fingerprint density at radius 2 is 1.84 bits per heavy atom. The zero-order valence-corrected chi connectivity index (χ0v) is 13.5. The summed E-state index contributed by atoms with van der Waals surface area (Å²) in [7, 11) is 0. The van der Waals surface area contributed by atoms with Gasteiger partial charge in [-0.15, -0.1) is 0 Å². The maximum atomic E-state index is 12.3. The number of benzene rings is 1. The molecule has 0 heterocycles. The van der Waals surface area contributed by atoms with E-state index in [2.05, 4.69) is 49.7 Å². The fourth-order valence-corrected chi connectivity index (χ4v) is 1.98. The molecule has 0 aliphatic rings. The van der Waals surface area contributed by atoms with Gasteiger partial charge in [-0.3, -0.25) is 4.79 Å². The van der Waals surface area contributed by atoms with Crippen LogP contribution in [0.4, 0.5) is 0 Å². The molecule has 0 fully saturated rings. The highest BCUT2D eigenvalue weighted by Crippen LogP contribution is 2.31. The second-order valence-corrected chi connectivity index (χ2v) is 6.97. The first-order valence-electron chi connectivity index (χ1n) is 6.43. The minimum atomic E-state index is -0.655. The van der Waals surface area contributed by atoms with E-state index in [1.807, 2.05) is 24.3 Å². The Kier molecular flexibility index (Phi) is 5.31. The SMILES string of the molecule is CC(CC(=O)C(C#N)c1ccc(Br)cc1)C(C)(C)C. The van der Waals surface area contributed by atoms with Crippen LogP contribution in [0.25, 0.3) is 0 Å². The Morgan fingerprint density at radius 3 is 2.26 bits per heavy atom. The maximum absolute atomic E-state index is 12.3. The second-order valence-electron chi connectivity index (χ2n) is 6.05. The minimum Gasteiger partial charge on any atom is -0.298 e. The lowest BCUT2D eigenvalue weighted by atomic mass is 9.77. The number of ketones is 1. The summed E-state index contributed by atoms with van der Waals surface area (Å²) in [5.41, 5.74) is 0.854. The Labute approximate surface area is 124 Å². The van der Waals surface area contributed by atoms with Crippen LogP contribution in [0, 0.1) is 22.7 Å². The van der Waals surface area contributed by atoms with Crippen LogP contribution in [0.1, 0.15) is 45.6 Å². The van der Waals surface area contributed by atoms with Gasteiger partial charge >= 0.3 is 0 Å². The third-order valence-corrected chi connectivity index (χ3v) is 4.17. The summed E-state index contributed by atoms with van der Waals surface area (Å²) < 4.78 is 0.948. The molecule has 0 radical (unpaired) electrons. The van der Waals surface area contributed by atoms with Crippen molar-refractivity contribution in [2.24, 2.45) is 11.3 Å². The predicted molar refractivity (Wildman–Crippen MR) is 80.7 cm³/mol. The molecule has 0 aliphatic heterocycles. The van der Waals surface area contributed by atoms with E-state index in [1.54, 1.807) is 0 Å². The summed E-state index contributed by atoms with van der Waals surface area (Å²) in [6, 6.07) is 9.51. The zero-order chi connectivity index (χ0) is 14.6. The molecule has 0 bridgehead atoms. The van der Waals surface area contributed by atoms with E-state index in [4.69, 9.17) is 0 Å². The average Bonchev–Trinajstić information content (AvgIpc) is 2.31. The average molecular weight is 322 g/mol. The van der Waals surface area contributed by atoms with Crippen LogP contribution in [-0.2, 0) is 4.79 Å². The van der Waals surface area contributed by atoms with Crippen LogP contribution in [0.2, 0.25) is 0 Å². The van der Waals surface area contributed by atoms with Crippen LogP contribution in [0.5, 0.6) is 0 Å². The monoisotopic (exact) mass is 321 g/mol.